The van der Waals surface area contributed by atoms with Gasteiger partial charge >= 0.3 is 11.9 Å². The summed E-state index contributed by atoms with van der Waals surface area (Å²) >= 11 is 0. The summed E-state index contributed by atoms with van der Waals surface area (Å²) in [6.07, 6.45) is -0.400. The maximum atomic E-state index is 12.9. The lowest BCUT2D eigenvalue weighted by atomic mass is 10.1. The molecule has 0 bridgehead atoms. The van der Waals surface area contributed by atoms with E-state index in [9.17, 15) is 19.2 Å². The van der Waals surface area contributed by atoms with Crippen LogP contribution in [0.4, 0.5) is 5.69 Å². The summed E-state index contributed by atoms with van der Waals surface area (Å²) in [5.74, 6) is -1.58. The van der Waals surface area contributed by atoms with E-state index >= 15 is 0 Å². The largest absolute Gasteiger partial charge is 0.462 e. The van der Waals surface area contributed by atoms with E-state index in [4.69, 9.17) is 9.47 Å². The quantitative estimate of drug-likeness (QED) is 0.763. The Kier molecular flexibility index (Phi) is 5.22. The number of amides is 2. The molecule has 30 heavy (non-hydrogen) atoms. The van der Waals surface area contributed by atoms with Crippen LogP contribution in [-0.2, 0) is 19.1 Å². The van der Waals surface area contributed by atoms with E-state index in [1.165, 1.54) is 4.90 Å². The molecule has 1 saturated heterocycles. The first-order chi connectivity index (χ1) is 14.5. The van der Waals surface area contributed by atoms with Gasteiger partial charge in [-0.2, -0.15) is 0 Å². The van der Waals surface area contributed by atoms with Crippen LogP contribution in [0.2, 0.25) is 0 Å². The van der Waals surface area contributed by atoms with Gasteiger partial charge in [0.1, 0.15) is 6.04 Å². The van der Waals surface area contributed by atoms with Gasteiger partial charge in [0.05, 0.1) is 17.7 Å². The van der Waals surface area contributed by atoms with Gasteiger partial charge < -0.3 is 14.8 Å². The number of nitrogens with one attached hydrogen (secondary N) is 1. The molecule has 2 unspecified atom stereocenters. The Morgan fingerprint density at radius 2 is 1.87 bits per heavy atom. The van der Waals surface area contributed by atoms with Crippen molar-refractivity contribution in [2.75, 3.05) is 11.9 Å². The van der Waals surface area contributed by atoms with Gasteiger partial charge in [-0.15, -0.1) is 0 Å². The summed E-state index contributed by atoms with van der Waals surface area (Å²) in [4.78, 5) is 50.7. The minimum atomic E-state index is -0.911. The molecule has 2 heterocycles. The molecule has 1 fully saturated rings. The molecule has 2 aliphatic rings. The van der Waals surface area contributed by atoms with Gasteiger partial charge in [-0.25, -0.2) is 9.59 Å². The molecule has 154 valence electrons. The zero-order valence-electron chi connectivity index (χ0n) is 16.3. The van der Waals surface area contributed by atoms with Crippen molar-refractivity contribution in [3.05, 3.63) is 65.2 Å². The molecular weight excluding hydrogens is 388 g/mol. The topological polar surface area (TPSA) is 102 Å². The predicted octanol–water partition coefficient (Wildman–Crippen LogP) is 2.66. The highest BCUT2D eigenvalue weighted by Gasteiger charge is 2.46. The number of cyclic esters (lactones) is 1. The molecule has 2 aromatic carbocycles. The first kappa shape index (κ1) is 19.6. The van der Waals surface area contributed by atoms with Crippen LogP contribution >= 0.6 is 0 Å². The molecule has 4 rings (SSSR count). The Balaban J connectivity index is 1.51. The van der Waals surface area contributed by atoms with Gasteiger partial charge in [0.2, 0.25) is 18.0 Å². The number of carbonyl (C=O) groups is 4. The van der Waals surface area contributed by atoms with E-state index in [2.05, 4.69) is 5.32 Å². The third-order valence-corrected chi connectivity index (χ3v) is 5.14. The molecule has 2 amide bonds. The van der Waals surface area contributed by atoms with Gasteiger partial charge in [-0.1, -0.05) is 18.2 Å². The van der Waals surface area contributed by atoms with Crippen molar-refractivity contribution in [3.63, 3.8) is 0 Å². The third-order valence-electron chi connectivity index (χ3n) is 5.14. The highest BCUT2D eigenvalue weighted by Crippen LogP contribution is 2.38. The summed E-state index contributed by atoms with van der Waals surface area (Å²) in [5.41, 5.74) is 1.84. The van der Waals surface area contributed by atoms with Crippen molar-refractivity contribution in [1.29, 1.82) is 0 Å². The number of carbonyl (C=O) groups excluding carboxylic acids is 4. The van der Waals surface area contributed by atoms with Crippen LogP contribution in [0.25, 0.3) is 0 Å². The fourth-order valence-electron chi connectivity index (χ4n) is 3.72. The Bertz CT molecular complexity index is 1020. The second-order valence-electron chi connectivity index (χ2n) is 6.99. The Morgan fingerprint density at radius 3 is 2.60 bits per heavy atom. The zero-order chi connectivity index (χ0) is 21.3. The van der Waals surface area contributed by atoms with E-state index in [-0.39, 0.29) is 24.8 Å². The lowest BCUT2D eigenvalue weighted by Crippen LogP contribution is -2.43. The summed E-state index contributed by atoms with van der Waals surface area (Å²) in [6.45, 7) is 2.00. The highest BCUT2D eigenvalue weighted by molar-refractivity contribution is 6.00. The van der Waals surface area contributed by atoms with Crippen LogP contribution in [-0.4, -0.2) is 41.3 Å². The Labute approximate surface area is 172 Å². The molecular formula is C22H20N2O6. The summed E-state index contributed by atoms with van der Waals surface area (Å²) in [7, 11) is 0. The Morgan fingerprint density at radius 1 is 1.13 bits per heavy atom. The van der Waals surface area contributed by atoms with E-state index in [0.717, 1.165) is 0 Å². The number of likely N-dealkylation sites (tertiary alicyclic amines) is 1. The van der Waals surface area contributed by atoms with Gasteiger partial charge in [0.15, 0.2) is 0 Å². The number of ether oxygens (including phenoxy) is 2. The first-order valence-corrected chi connectivity index (χ1v) is 9.68. The number of nitrogens with zero attached hydrogens (tertiary/aromatic N) is 1. The predicted molar refractivity (Wildman–Crippen MR) is 105 cm³/mol. The van der Waals surface area contributed by atoms with Crippen LogP contribution in [0.5, 0.6) is 0 Å². The molecule has 2 aromatic rings. The number of benzene rings is 2. The van der Waals surface area contributed by atoms with Crippen molar-refractivity contribution in [1.82, 2.24) is 4.90 Å². The molecule has 8 nitrogen and oxygen atoms in total. The fourth-order valence-corrected chi connectivity index (χ4v) is 3.72. The van der Waals surface area contributed by atoms with Crippen LogP contribution in [0.1, 0.15) is 52.3 Å². The minimum Gasteiger partial charge on any atom is -0.462 e. The van der Waals surface area contributed by atoms with E-state index in [1.807, 2.05) is 0 Å². The monoisotopic (exact) mass is 408 g/mol. The number of fused-ring (bicyclic) bond motifs is 1. The SMILES string of the molecule is CCOC(=O)c1ccc(NC(=O)C2CCC(=O)N2C2OC(=O)c3ccccc32)cc1. The fraction of sp³-hybridized carbons (Fsp3) is 0.273. The number of hydrogen-bond donors (Lipinski definition) is 1. The maximum Gasteiger partial charge on any atom is 0.340 e. The summed E-state index contributed by atoms with van der Waals surface area (Å²) in [5, 5.41) is 2.77. The van der Waals surface area contributed by atoms with Crippen LogP contribution in [0.3, 0.4) is 0 Å². The molecule has 0 aromatic heterocycles. The second kappa shape index (κ2) is 7.98. The van der Waals surface area contributed by atoms with Crippen molar-refractivity contribution >= 4 is 29.4 Å². The van der Waals surface area contributed by atoms with Crippen molar-refractivity contribution < 1.29 is 28.7 Å². The number of rotatable bonds is 5. The smallest absolute Gasteiger partial charge is 0.340 e. The summed E-state index contributed by atoms with van der Waals surface area (Å²) < 4.78 is 10.4. The van der Waals surface area contributed by atoms with Gasteiger partial charge in [0, 0.05) is 17.7 Å². The van der Waals surface area contributed by atoms with E-state index in [0.29, 0.717) is 28.8 Å². The van der Waals surface area contributed by atoms with Crippen LogP contribution < -0.4 is 5.32 Å². The van der Waals surface area contributed by atoms with E-state index < -0.39 is 24.2 Å². The molecule has 2 atom stereocenters. The molecule has 0 radical (unpaired) electrons. The second-order valence-corrected chi connectivity index (χ2v) is 6.99. The maximum absolute atomic E-state index is 12.9. The zero-order valence-corrected chi connectivity index (χ0v) is 16.3. The minimum absolute atomic E-state index is 0.191. The lowest BCUT2D eigenvalue weighted by molar-refractivity contribution is -0.144. The van der Waals surface area contributed by atoms with Gasteiger partial charge in [-0.3, -0.25) is 14.5 Å². The number of hydrogen-bond acceptors (Lipinski definition) is 6. The lowest BCUT2D eigenvalue weighted by Gasteiger charge is -2.29. The van der Waals surface area contributed by atoms with Gasteiger partial charge in [0.25, 0.3) is 0 Å². The highest BCUT2D eigenvalue weighted by atomic mass is 16.6. The normalized spacial score (nSPS) is 20.0. The number of esters is 2. The van der Waals surface area contributed by atoms with Crippen molar-refractivity contribution in [3.8, 4) is 0 Å². The van der Waals surface area contributed by atoms with Crippen LogP contribution in [0, 0.1) is 0 Å². The molecule has 0 saturated carbocycles. The third kappa shape index (κ3) is 3.52. The van der Waals surface area contributed by atoms with Crippen LogP contribution in [0.15, 0.2) is 48.5 Å². The van der Waals surface area contributed by atoms with Gasteiger partial charge in [-0.05, 0) is 43.7 Å². The summed E-state index contributed by atoms with van der Waals surface area (Å²) in [6, 6.07) is 12.4. The molecule has 1 N–H and O–H groups in total. The standard InChI is InChI=1S/C22H20N2O6/c1-2-29-21(27)13-7-9-14(10-8-13)23-19(26)17-11-12-18(25)24(17)20-15-5-3-4-6-16(15)22(28)30-20/h3-10,17,20H,2,11-12H2,1H3,(H,23,26). The molecule has 8 heteroatoms. The van der Waals surface area contributed by atoms with E-state index in [1.54, 1.807) is 55.5 Å². The number of anilines is 1. The molecule has 2 aliphatic heterocycles. The van der Waals surface area contributed by atoms with Crippen molar-refractivity contribution in [2.24, 2.45) is 0 Å². The molecule has 0 spiro atoms. The molecule has 0 aliphatic carbocycles. The van der Waals surface area contributed by atoms with Crippen molar-refractivity contribution in [2.45, 2.75) is 32.0 Å². The Hall–Kier alpha value is -3.68. The first-order valence-electron chi connectivity index (χ1n) is 9.68. The average molecular weight is 408 g/mol. The average Bonchev–Trinajstić information content (AvgIpc) is 3.29.